The van der Waals surface area contributed by atoms with E-state index in [4.69, 9.17) is 33.3 Å². The first-order valence-electron chi connectivity index (χ1n) is 6.74. The molecule has 1 aromatic carbocycles. The van der Waals surface area contributed by atoms with Crippen molar-refractivity contribution in [2.45, 2.75) is 19.8 Å². The predicted octanol–water partition coefficient (Wildman–Crippen LogP) is 3.26. The van der Waals surface area contributed by atoms with Crippen LogP contribution in [0.5, 0.6) is 11.5 Å². The lowest BCUT2D eigenvalue weighted by Crippen LogP contribution is -2.18. The Labute approximate surface area is 138 Å². The third-order valence-corrected chi connectivity index (χ3v) is 3.84. The van der Waals surface area contributed by atoms with Crippen molar-refractivity contribution in [3.8, 4) is 11.5 Å². The summed E-state index contributed by atoms with van der Waals surface area (Å²) in [5.74, 6) is 1.01. The maximum Gasteiger partial charge on any atom is 0.255 e. The summed E-state index contributed by atoms with van der Waals surface area (Å²) in [7, 11) is 3.07. The fourth-order valence-corrected chi connectivity index (χ4v) is 2.85. The summed E-state index contributed by atoms with van der Waals surface area (Å²) < 4.78 is 10.8. The third kappa shape index (κ3) is 3.34. The highest BCUT2D eigenvalue weighted by molar-refractivity contribution is 7.71. The second kappa shape index (κ2) is 6.98. The number of methoxy groups -OCH3 is 2. The van der Waals surface area contributed by atoms with Crippen LogP contribution in [0.1, 0.15) is 23.7 Å². The molecule has 5 nitrogen and oxygen atoms in total. The van der Waals surface area contributed by atoms with E-state index in [-0.39, 0.29) is 5.56 Å². The van der Waals surface area contributed by atoms with Crippen LogP contribution in [0, 0.1) is 4.77 Å². The quantitative estimate of drug-likeness (QED) is 0.820. The number of benzene rings is 1. The second-order valence-corrected chi connectivity index (χ2v) is 5.52. The molecular weight excluding hydrogens is 324 g/mol. The average Bonchev–Trinajstić information content (AvgIpc) is 2.48. The van der Waals surface area contributed by atoms with Gasteiger partial charge in [-0.05, 0) is 36.3 Å². The van der Waals surface area contributed by atoms with Gasteiger partial charge in [-0.2, -0.15) is 0 Å². The third-order valence-electron chi connectivity index (χ3n) is 3.36. The Morgan fingerprint density at radius 1 is 1.23 bits per heavy atom. The zero-order chi connectivity index (χ0) is 16.3. The first-order valence-corrected chi connectivity index (χ1v) is 7.53. The van der Waals surface area contributed by atoms with Gasteiger partial charge < -0.3 is 14.5 Å². The van der Waals surface area contributed by atoms with Crippen LogP contribution >= 0.6 is 23.8 Å². The summed E-state index contributed by atoms with van der Waals surface area (Å²) in [4.78, 5) is 17.8. The summed E-state index contributed by atoms with van der Waals surface area (Å²) in [5, 5.41) is 0.440. The molecule has 0 radical (unpaired) electrons. The number of H-pyrrole nitrogens is 2. The molecule has 2 aromatic rings. The summed E-state index contributed by atoms with van der Waals surface area (Å²) in [6.07, 6.45) is 1.11. The van der Waals surface area contributed by atoms with Crippen molar-refractivity contribution in [2.24, 2.45) is 0 Å². The molecule has 0 fully saturated rings. The minimum Gasteiger partial charge on any atom is -0.493 e. The van der Waals surface area contributed by atoms with E-state index >= 15 is 0 Å². The van der Waals surface area contributed by atoms with Gasteiger partial charge in [0.15, 0.2) is 16.3 Å². The molecule has 22 heavy (non-hydrogen) atoms. The van der Waals surface area contributed by atoms with Gasteiger partial charge in [0.1, 0.15) is 0 Å². The highest BCUT2D eigenvalue weighted by atomic mass is 35.5. The van der Waals surface area contributed by atoms with E-state index in [1.165, 1.54) is 7.11 Å². The lowest BCUT2D eigenvalue weighted by molar-refractivity contribution is 0.355. The van der Waals surface area contributed by atoms with Gasteiger partial charge in [-0.1, -0.05) is 18.5 Å². The molecule has 2 N–H and O–H groups in total. The van der Waals surface area contributed by atoms with Crippen molar-refractivity contribution in [1.82, 2.24) is 9.97 Å². The average molecular weight is 341 g/mol. The smallest absolute Gasteiger partial charge is 0.255 e. The summed E-state index contributed by atoms with van der Waals surface area (Å²) in [6.45, 7) is 1.96. The predicted molar refractivity (Wildman–Crippen MR) is 89.0 cm³/mol. The summed E-state index contributed by atoms with van der Waals surface area (Å²) in [6, 6.07) is 3.58. The molecular formula is C15H17ClN2O3S. The first kappa shape index (κ1) is 16.6. The van der Waals surface area contributed by atoms with Crippen LogP contribution in [0.4, 0.5) is 0 Å². The summed E-state index contributed by atoms with van der Waals surface area (Å²) in [5.41, 5.74) is 2.12. The Kier molecular flexibility index (Phi) is 5.26. The zero-order valence-electron chi connectivity index (χ0n) is 12.6. The topological polar surface area (TPSA) is 67.1 Å². The standard InChI is InChI=1S/C15H17ClN2O3S/c1-4-11-9(14(19)18-15(22)17-11)5-8-6-10(16)13(21-3)12(7-8)20-2/h6-7H,4-5H2,1-3H3,(H2,17,18,19,22). The van der Waals surface area contributed by atoms with Gasteiger partial charge >= 0.3 is 0 Å². The zero-order valence-corrected chi connectivity index (χ0v) is 14.2. The van der Waals surface area contributed by atoms with Crippen molar-refractivity contribution in [2.75, 3.05) is 14.2 Å². The van der Waals surface area contributed by atoms with Crippen LogP contribution in [-0.2, 0) is 12.8 Å². The minimum atomic E-state index is -0.188. The molecule has 0 bridgehead atoms. The molecule has 0 saturated carbocycles. The van der Waals surface area contributed by atoms with Crippen LogP contribution in [0.25, 0.3) is 0 Å². The normalized spacial score (nSPS) is 10.5. The van der Waals surface area contributed by atoms with Gasteiger partial charge in [0.05, 0.1) is 19.2 Å². The molecule has 0 amide bonds. The second-order valence-electron chi connectivity index (χ2n) is 4.71. The molecule has 0 aliphatic rings. The van der Waals surface area contributed by atoms with E-state index in [2.05, 4.69) is 9.97 Å². The highest BCUT2D eigenvalue weighted by Gasteiger charge is 2.14. The molecule has 0 spiro atoms. The molecule has 118 valence electrons. The number of aromatic nitrogens is 2. The molecule has 0 atom stereocenters. The molecule has 7 heteroatoms. The Balaban J connectivity index is 2.50. The van der Waals surface area contributed by atoms with E-state index in [0.717, 1.165) is 11.3 Å². The lowest BCUT2D eigenvalue weighted by atomic mass is 10.0. The number of hydrogen-bond donors (Lipinski definition) is 2. The highest BCUT2D eigenvalue weighted by Crippen LogP contribution is 2.36. The van der Waals surface area contributed by atoms with Crippen LogP contribution in [0.3, 0.4) is 0 Å². The summed E-state index contributed by atoms with van der Waals surface area (Å²) >= 11 is 11.2. The van der Waals surface area contributed by atoms with Gasteiger partial charge in [-0.15, -0.1) is 0 Å². The van der Waals surface area contributed by atoms with Crippen LogP contribution in [-0.4, -0.2) is 24.2 Å². The largest absolute Gasteiger partial charge is 0.493 e. The van der Waals surface area contributed by atoms with E-state index in [0.29, 0.717) is 39.7 Å². The first-order chi connectivity index (χ1) is 10.5. The van der Waals surface area contributed by atoms with Gasteiger partial charge in [0.2, 0.25) is 0 Å². The van der Waals surface area contributed by atoms with Crippen LogP contribution in [0.15, 0.2) is 16.9 Å². The van der Waals surface area contributed by atoms with Crippen molar-refractivity contribution in [1.29, 1.82) is 0 Å². The number of aryl methyl sites for hydroxylation is 1. The number of aromatic amines is 2. The fourth-order valence-electron chi connectivity index (χ4n) is 2.33. The van der Waals surface area contributed by atoms with Crippen molar-refractivity contribution < 1.29 is 9.47 Å². The van der Waals surface area contributed by atoms with Crippen LogP contribution < -0.4 is 15.0 Å². The number of ether oxygens (including phenoxy) is 2. The number of nitrogens with one attached hydrogen (secondary N) is 2. The number of hydrogen-bond acceptors (Lipinski definition) is 4. The van der Waals surface area contributed by atoms with Crippen LogP contribution in [0.2, 0.25) is 5.02 Å². The van der Waals surface area contributed by atoms with Crippen molar-refractivity contribution >= 4 is 23.8 Å². The van der Waals surface area contributed by atoms with Gasteiger partial charge in [-0.3, -0.25) is 9.78 Å². The molecule has 0 saturated heterocycles. The fraction of sp³-hybridized carbons (Fsp3) is 0.333. The van der Waals surface area contributed by atoms with Crippen molar-refractivity contribution in [3.05, 3.63) is 49.1 Å². The SMILES string of the molecule is CCc1[nH]c(=S)[nH]c(=O)c1Cc1cc(Cl)c(OC)c(OC)c1. The number of halogens is 1. The van der Waals surface area contributed by atoms with E-state index in [1.54, 1.807) is 13.2 Å². The Morgan fingerprint density at radius 2 is 1.95 bits per heavy atom. The van der Waals surface area contributed by atoms with Crippen molar-refractivity contribution in [3.63, 3.8) is 0 Å². The van der Waals surface area contributed by atoms with E-state index in [9.17, 15) is 4.79 Å². The molecule has 1 heterocycles. The minimum absolute atomic E-state index is 0.188. The molecule has 0 aliphatic heterocycles. The number of rotatable bonds is 5. The van der Waals surface area contributed by atoms with E-state index in [1.807, 2.05) is 13.0 Å². The Morgan fingerprint density at radius 3 is 2.55 bits per heavy atom. The Hall–Kier alpha value is -1.79. The maximum atomic E-state index is 12.2. The maximum absolute atomic E-state index is 12.2. The molecule has 2 rings (SSSR count). The molecule has 0 aliphatic carbocycles. The van der Waals surface area contributed by atoms with Gasteiger partial charge in [0, 0.05) is 17.7 Å². The van der Waals surface area contributed by atoms with E-state index < -0.39 is 0 Å². The Bertz CT molecular complexity index is 798. The van der Waals surface area contributed by atoms with Gasteiger partial charge in [0.25, 0.3) is 5.56 Å². The lowest BCUT2D eigenvalue weighted by Gasteiger charge is -2.12. The monoisotopic (exact) mass is 340 g/mol. The van der Waals surface area contributed by atoms with Gasteiger partial charge in [-0.25, -0.2) is 0 Å². The molecule has 1 aromatic heterocycles. The molecule has 0 unspecified atom stereocenters.